The topological polar surface area (TPSA) is 72.2 Å². The van der Waals surface area contributed by atoms with E-state index in [1.807, 2.05) is 13.0 Å². The number of pyridine rings is 1. The summed E-state index contributed by atoms with van der Waals surface area (Å²) in [5, 5.41) is 3.51. The zero-order valence-corrected chi connectivity index (χ0v) is 13.5. The lowest BCUT2D eigenvalue weighted by atomic mass is 10.1. The van der Waals surface area contributed by atoms with E-state index < -0.39 is 5.91 Å². The molecule has 0 aliphatic heterocycles. The van der Waals surface area contributed by atoms with Gasteiger partial charge >= 0.3 is 0 Å². The Morgan fingerprint density at radius 1 is 1.29 bits per heavy atom. The number of hydrogen-bond acceptors (Lipinski definition) is 4. The van der Waals surface area contributed by atoms with Gasteiger partial charge in [0.2, 0.25) is 5.91 Å². The van der Waals surface area contributed by atoms with Gasteiger partial charge in [0.25, 0.3) is 0 Å². The van der Waals surface area contributed by atoms with Crippen LogP contribution >= 0.6 is 11.6 Å². The minimum Gasteiger partial charge on any atom is -0.463 e. The van der Waals surface area contributed by atoms with Crippen molar-refractivity contribution in [1.29, 1.82) is 0 Å². The standard InChI is InChI=1S/C18H13ClN2O3/c1-11-2-4-15-14(8-11)18(23)12(10-24-15)3-5-17(22)21-16-9-13(19)6-7-20-16/h2-10H,1H3,(H,20,21,22)/b5-3+. The van der Waals surface area contributed by atoms with Crippen LogP contribution in [-0.4, -0.2) is 10.9 Å². The van der Waals surface area contributed by atoms with E-state index in [4.69, 9.17) is 16.0 Å². The van der Waals surface area contributed by atoms with Crippen molar-refractivity contribution in [3.63, 3.8) is 0 Å². The molecule has 0 bridgehead atoms. The lowest BCUT2D eigenvalue weighted by molar-refractivity contribution is -0.111. The van der Waals surface area contributed by atoms with E-state index in [1.54, 1.807) is 18.2 Å². The summed E-state index contributed by atoms with van der Waals surface area (Å²) in [5.74, 6) is -0.0909. The van der Waals surface area contributed by atoms with Crippen LogP contribution in [-0.2, 0) is 4.79 Å². The van der Waals surface area contributed by atoms with Gasteiger partial charge in [0.05, 0.1) is 10.9 Å². The highest BCUT2D eigenvalue weighted by Crippen LogP contribution is 2.14. The summed E-state index contributed by atoms with van der Waals surface area (Å²) in [6, 6.07) is 8.51. The van der Waals surface area contributed by atoms with E-state index in [9.17, 15) is 9.59 Å². The Kier molecular flexibility index (Phi) is 4.44. The minimum absolute atomic E-state index is 0.190. The molecule has 0 spiro atoms. The van der Waals surface area contributed by atoms with E-state index in [1.165, 1.54) is 30.7 Å². The molecule has 3 aromatic rings. The van der Waals surface area contributed by atoms with Crippen LogP contribution in [0.1, 0.15) is 11.1 Å². The summed E-state index contributed by atoms with van der Waals surface area (Å²) in [7, 11) is 0. The van der Waals surface area contributed by atoms with Crippen molar-refractivity contribution >= 4 is 40.4 Å². The van der Waals surface area contributed by atoms with Crippen LogP contribution in [0.4, 0.5) is 5.82 Å². The maximum atomic E-state index is 12.4. The van der Waals surface area contributed by atoms with Crippen LogP contribution in [0.15, 0.2) is 58.1 Å². The maximum absolute atomic E-state index is 12.4. The number of hydrogen-bond donors (Lipinski definition) is 1. The van der Waals surface area contributed by atoms with Crippen molar-refractivity contribution in [3.05, 3.63) is 75.2 Å². The Labute approximate surface area is 142 Å². The van der Waals surface area contributed by atoms with Crippen molar-refractivity contribution in [2.75, 3.05) is 5.32 Å². The molecule has 5 nitrogen and oxygen atoms in total. The number of aryl methyl sites for hydroxylation is 1. The zero-order chi connectivity index (χ0) is 17.1. The number of nitrogens with one attached hydrogen (secondary N) is 1. The van der Waals surface area contributed by atoms with Gasteiger partial charge < -0.3 is 9.73 Å². The van der Waals surface area contributed by atoms with Gasteiger partial charge in [-0.05, 0) is 37.3 Å². The third-order valence-corrected chi connectivity index (χ3v) is 3.58. The number of nitrogens with zero attached hydrogens (tertiary/aromatic N) is 1. The van der Waals surface area contributed by atoms with Crippen molar-refractivity contribution in [1.82, 2.24) is 4.98 Å². The molecule has 0 saturated heterocycles. The Hall–Kier alpha value is -2.92. The van der Waals surface area contributed by atoms with E-state index in [0.29, 0.717) is 27.4 Å². The number of fused-ring (bicyclic) bond motifs is 1. The van der Waals surface area contributed by atoms with Gasteiger partial charge in [-0.15, -0.1) is 0 Å². The number of benzene rings is 1. The van der Waals surface area contributed by atoms with Gasteiger partial charge in [0.1, 0.15) is 17.7 Å². The molecule has 1 amide bonds. The van der Waals surface area contributed by atoms with Gasteiger partial charge in [-0.1, -0.05) is 23.2 Å². The molecular formula is C18H13ClN2O3. The number of anilines is 1. The third-order valence-electron chi connectivity index (χ3n) is 3.34. The number of carbonyl (C=O) groups excluding carboxylic acids is 1. The molecule has 24 heavy (non-hydrogen) atoms. The molecule has 0 fully saturated rings. The Morgan fingerprint density at radius 2 is 2.12 bits per heavy atom. The second kappa shape index (κ2) is 6.68. The molecular weight excluding hydrogens is 328 g/mol. The Morgan fingerprint density at radius 3 is 2.92 bits per heavy atom. The van der Waals surface area contributed by atoms with Crippen LogP contribution in [0.25, 0.3) is 17.0 Å². The number of halogens is 1. The van der Waals surface area contributed by atoms with Gasteiger partial charge in [-0.2, -0.15) is 0 Å². The van der Waals surface area contributed by atoms with Crippen molar-refractivity contribution in [2.45, 2.75) is 6.92 Å². The van der Waals surface area contributed by atoms with E-state index in [2.05, 4.69) is 10.3 Å². The number of rotatable bonds is 3. The summed E-state index contributed by atoms with van der Waals surface area (Å²) in [4.78, 5) is 28.3. The van der Waals surface area contributed by atoms with Gasteiger partial charge in [-0.25, -0.2) is 4.98 Å². The highest BCUT2D eigenvalue weighted by molar-refractivity contribution is 6.30. The SMILES string of the molecule is Cc1ccc2occ(/C=C/C(=O)Nc3cc(Cl)ccn3)c(=O)c2c1. The first-order valence-electron chi connectivity index (χ1n) is 7.16. The van der Waals surface area contributed by atoms with E-state index >= 15 is 0 Å². The highest BCUT2D eigenvalue weighted by Gasteiger charge is 2.06. The molecule has 0 radical (unpaired) electrons. The quantitative estimate of drug-likeness (QED) is 0.736. The van der Waals surface area contributed by atoms with Crippen LogP contribution in [0.5, 0.6) is 0 Å². The van der Waals surface area contributed by atoms with Crippen LogP contribution < -0.4 is 10.7 Å². The Bertz CT molecular complexity index is 1010. The molecule has 3 rings (SSSR count). The predicted molar refractivity (Wildman–Crippen MR) is 94.1 cm³/mol. The first-order valence-corrected chi connectivity index (χ1v) is 7.53. The normalized spacial score (nSPS) is 11.1. The molecule has 0 saturated carbocycles. The molecule has 6 heteroatoms. The second-order valence-electron chi connectivity index (χ2n) is 5.20. The zero-order valence-electron chi connectivity index (χ0n) is 12.7. The minimum atomic E-state index is -0.423. The fraction of sp³-hybridized carbons (Fsp3) is 0.0556. The molecule has 0 aliphatic carbocycles. The molecule has 1 N–H and O–H groups in total. The molecule has 2 heterocycles. The van der Waals surface area contributed by atoms with Crippen molar-refractivity contribution in [3.8, 4) is 0 Å². The molecule has 1 aromatic carbocycles. The number of amides is 1. The van der Waals surface area contributed by atoms with Crippen molar-refractivity contribution in [2.24, 2.45) is 0 Å². The molecule has 120 valence electrons. The average Bonchev–Trinajstić information content (AvgIpc) is 2.55. The number of carbonyl (C=O) groups is 1. The lowest BCUT2D eigenvalue weighted by Crippen LogP contribution is -2.10. The van der Waals surface area contributed by atoms with Gasteiger partial charge in [0, 0.05) is 17.3 Å². The van der Waals surface area contributed by atoms with Crippen molar-refractivity contribution < 1.29 is 9.21 Å². The molecule has 0 aliphatic rings. The Balaban J connectivity index is 1.84. The first-order chi connectivity index (χ1) is 11.5. The molecule has 2 aromatic heterocycles. The lowest BCUT2D eigenvalue weighted by Gasteiger charge is -2.01. The second-order valence-corrected chi connectivity index (χ2v) is 5.64. The highest BCUT2D eigenvalue weighted by atomic mass is 35.5. The van der Waals surface area contributed by atoms with Gasteiger partial charge in [0.15, 0.2) is 5.43 Å². The summed E-state index contributed by atoms with van der Waals surface area (Å²) >= 11 is 5.83. The molecule has 0 atom stereocenters. The van der Waals surface area contributed by atoms with Gasteiger partial charge in [-0.3, -0.25) is 9.59 Å². The molecule has 0 unspecified atom stereocenters. The van der Waals surface area contributed by atoms with E-state index in [-0.39, 0.29) is 5.43 Å². The largest absolute Gasteiger partial charge is 0.463 e. The van der Waals surface area contributed by atoms with Crippen LogP contribution in [0, 0.1) is 6.92 Å². The summed E-state index contributed by atoms with van der Waals surface area (Å²) < 4.78 is 5.43. The third kappa shape index (κ3) is 3.52. The smallest absolute Gasteiger partial charge is 0.249 e. The maximum Gasteiger partial charge on any atom is 0.249 e. The summed E-state index contributed by atoms with van der Waals surface area (Å²) in [6.45, 7) is 1.90. The number of aromatic nitrogens is 1. The average molecular weight is 341 g/mol. The van der Waals surface area contributed by atoms with Crippen LogP contribution in [0.2, 0.25) is 5.02 Å². The summed E-state index contributed by atoms with van der Waals surface area (Å²) in [5.41, 5.74) is 1.57. The van der Waals surface area contributed by atoms with Crippen LogP contribution in [0.3, 0.4) is 0 Å². The first kappa shape index (κ1) is 16.0. The monoisotopic (exact) mass is 340 g/mol. The fourth-order valence-electron chi connectivity index (χ4n) is 2.18. The van der Waals surface area contributed by atoms with E-state index in [0.717, 1.165) is 5.56 Å². The summed E-state index contributed by atoms with van der Waals surface area (Å²) in [6.07, 6.45) is 5.48. The predicted octanol–water partition coefficient (Wildman–Crippen LogP) is 3.80. The fourth-order valence-corrected chi connectivity index (χ4v) is 2.34.